The van der Waals surface area contributed by atoms with Gasteiger partial charge < -0.3 is 0 Å². The third-order valence-corrected chi connectivity index (χ3v) is 2.29. The summed E-state index contributed by atoms with van der Waals surface area (Å²) in [6.07, 6.45) is 8.23. The zero-order valence-corrected chi connectivity index (χ0v) is 8.51. The van der Waals surface area contributed by atoms with Crippen LogP contribution in [0, 0.1) is 0 Å². The molecule has 2 heteroatoms. The number of nitrogens with zero attached hydrogens (tertiary/aromatic N) is 2. The van der Waals surface area contributed by atoms with Crippen molar-refractivity contribution < 1.29 is 9.13 Å². The van der Waals surface area contributed by atoms with Gasteiger partial charge >= 0.3 is 0 Å². The fourth-order valence-corrected chi connectivity index (χ4v) is 1.39. The van der Waals surface area contributed by atoms with Gasteiger partial charge in [-0.1, -0.05) is 0 Å². The Bertz CT molecular complexity index is 372. The van der Waals surface area contributed by atoms with E-state index in [1.54, 1.807) is 0 Å². The first kappa shape index (κ1) is 8.88. The fraction of sp³-hybridized carbons (Fsp3) is 0.167. The van der Waals surface area contributed by atoms with Crippen LogP contribution in [0.2, 0.25) is 0 Å². The van der Waals surface area contributed by atoms with E-state index in [4.69, 9.17) is 0 Å². The summed E-state index contributed by atoms with van der Waals surface area (Å²) in [5.41, 5.74) is 2.51. The third-order valence-electron chi connectivity index (χ3n) is 2.29. The standard InChI is InChI=1S/C12H14N2/c1-13-7-3-11(4-8-13)12-5-9-14(2)10-6-12/h3-10H,1-2H3/q+2/i1+2. The Hall–Kier alpha value is -1.70. The van der Waals surface area contributed by atoms with E-state index in [1.807, 2.05) is 23.2 Å². The summed E-state index contributed by atoms with van der Waals surface area (Å²) in [5, 5.41) is 0. The highest BCUT2D eigenvalue weighted by atomic mass is 15.3. The van der Waals surface area contributed by atoms with Crippen LogP contribution in [0.5, 0.6) is 0 Å². The number of aryl methyl sites for hydroxylation is 2. The van der Waals surface area contributed by atoms with Gasteiger partial charge in [0.25, 0.3) is 0 Å². The van der Waals surface area contributed by atoms with Crippen LogP contribution in [0.3, 0.4) is 0 Å². The molecule has 0 aliphatic carbocycles. The summed E-state index contributed by atoms with van der Waals surface area (Å²) in [5.74, 6) is 0. The maximum atomic E-state index is 2.12. The molecule has 2 aromatic rings. The predicted molar refractivity (Wildman–Crippen MR) is 54.2 cm³/mol. The van der Waals surface area contributed by atoms with Crippen molar-refractivity contribution in [2.24, 2.45) is 14.1 Å². The van der Waals surface area contributed by atoms with Gasteiger partial charge in [0, 0.05) is 24.3 Å². The summed E-state index contributed by atoms with van der Waals surface area (Å²) < 4.78 is 4.07. The average molecular weight is 188 g/mol. The topological polar surface area (TPSA) is 7.76 Å². The second-order valence-electron chi connectivity index (χ2n) is 3.50. The molecule has 0 atom stereocenters. The summed E-state index contributed by atoms with van der Waals surface area (Å²) in [6.45, 7) is 0. The molecule has 0 unspecified atom stereocenters. The van der Waals surface area contributed by atoms with Gasteiger partial charge in [-0.3, -0.25) is 0 Å². The minimum atomic E-state index is 1.25. The summed E-state index contributed by atoms with van der Waals surface area (Å²) in [7, 11) is 4.05. The molecular weight excluding hydrogens is 174 g/mol. The van der Waals surface area contributed by atoms with Gasteiger partial charge in [0.05, 0.1) is 0 Å². The van der Waals surface area contributed by atoms with Gasteiger partial charge in [-0.15, -0.1) is 0 Å². The highest BCUT2D eigenvalue weighted by Crippen LogP contribution is 2.14. The quantitative estimate of drug-likeness (QED) is 0.590. The monoisotopic (exact) mass is 188 g/mol. The van der Waals surface area contributed by atoms with Gasteiger partial charge in [-0.2, -0.15) is 0 Å². The van der Waals surface area contributed by atoms with Crippen LogP contribution < -0.4 is 9.13 Å². The van der Waals surface area contributed by atoms with Crippen molar-refractivity contribution in [3.63, 3.8) is 0 Å². The predicted octanol–water partition coefficient (Wildman–Crippen LogP) is 1.00. The van der Waals surface area contributed by atoms with Crippen LogP contribution in [0.4, 0.5) is 0 Å². The lowest BCUT2D eigenvalue weighted by Gasteiger charge is -1.97. The normalized spacial score (nSPS) is 10.1. The molecule has 0 fully saturated rings. The van der Waals surface area contributed by atoms with Crippen molar-refractivity contribution in [2.75, 3.05) is 0 Å². The molecule has 0 aliphatic rings. The highest BCUT2D eigenvalue weighted by molar-refractivity contribution is 5.60. The summed E-state index contributed by atoms with van der Waals surface area (Å²) >= 11 is 0. The lowest BCUT2D eigenvalue weighted by molar-refractivity contribution is -0.671. The molecule has 0 spiro atoms. The van der Waals surface area contributed by atoms with E-state index in [2.05, 4.69) is 49.1 Å². The largest absolute Gasteiger partial charge is 0.208 e. The van der Waals surface area contributed by atoms with Crippen LogP contribution in [0.1, 0.15) is 0 Å². The Kier molecular flexibility index (Phi) is 2.27. The van der Waals surface area contributed by atoms with Crippen molar-refractivity contribution in [1.82, 2.24) is 0 Å². The molecule has 0 saturated carbocycles. The van der Waals surface area contributed by atoms with Gasteiger partial charge in [0.15, 0.2) is 24.8 Å². The Morgan fingerprint density at radius 3 is 1.79 bits per heavy atom. The molecule has 0 bridgehead atoms. The minimum absolute atomic E-state index is 1.25. The average Bonchev–Trinajstić information content (AvgIpc) is 2.21. The first-order chi connectivity index (χ1) is 6.75. The molecule has 2 rings (SSSR count). The van der Waals surface area contributed by atoms with E-state index in [0.717, 1.165) is 0 Å². The van der Waals surface area contributed by atoms with Crippen molar-refractivity contribution in [1.29, 1.82) is 0 Å². The number of rotatable bonds is 1. The second kappa shape index (κ2) is 3.58. The molecule has 0 aliphatic heterocycles. The Morgan fingerprint density at radius 2 is 1.29 bits per heavy atom. The van der Waals surface area contributed by atoms with Gasteiger partial charge in [0.2, 0.25) is 0 Å². The molecule has 2 aromatic heterocycles. The van der Waals surface area contributed by atoms with Gasteiger partial charge in [-0.05, 0) is 11.1 Å². The van der Waals surface area contributed by atoms with Crippen molar-refractivity contribution in [2.45, 2.75) is 0 Å². The molecule has 70 valence electrons. The van der Waals surface area contributed by atoms with Crippen molar-refractivity contribution in [3.05, 3.63) is 49.1 Å². The van der Waals surface area contributed by atoms with E-state index in [1.165, 1.54) is 11.1 Å². The van der Waals surface area contributed by atoms with E-state index in [-0.39, 0.29) is 0 Å². The van der Waals surface area contributed by atoms with E-state index >= 15 is 0 Å². The number of hydrogen-bond acceptors (Lipinski definition) is 0. The SMILES string of the molecule is C[n+]1ccc(-c2cc[n+]([14CH3])cc2)cc1. The zero-order chi connectivity index (χ0) is 9.97. The van der Waals surface area contributed by atoms with Gasteiger partial charge in [-0.25, -0.2) is 9.13 Å². The maximum absolute atomic E-state index is 2.12. The molecule has 14 heavy (non-hydrogen) atoms. The Morgan fingerprint density at radius 1 is 0.857 bits per heavy atom. The third kappa shape index (κ3) is 1.79. The highest BCUT2D eigenvalue weighted by Gasteiger charge is 2.00. The molecular formula is C12H14N2+2. The molecule has 0 N–H and O–H groups in total. The van der Waals surface area contributed by atoms with Crippen LogP contribution in [-0.4, -0.2) is 0 Å². The first-order valence-electron chi connectivity index (χ1n) is 4.67. The van der Waals surface area contributed by atoms with Crippen molar-refractivity contribution >= 4 is 0 Å². The number of aromatic nitrogens is 2. The molecule has 0 saturated heterocycles. The van der Waals surface area contributed by atoms with Crippen LogP contribution in [0.25, 0.3) is 11.1 Å². The van der Waals surface area contributed by atoms with E-state index in [0.29, 0.717) is 0 Å². The molecule has 2 heterocycles. The smallest absolute Gasteiger partial charge is 0.169 e. The van der Waals surface area contributed by atoms with Crippen molar-refractivity contribution in [3.8, 4) is 11.1 Å². The number of pyridine rings is 2. The molecule has 2 nitrogen and oxygen atoms in total. The fourth-order valence-electron chi connectivity index (χ4n) is 1.39. The van der Waals surface area contributed by atoms with Crippen LogP contribution in [0.15, 0.2) is 49.1 Å². The second-order valence-corrected chi connectivity index (χ2v) is 3.50. The lowest BCUT2D eigenvalue weighted by atomic mass is 10.1. The Labute approximate surface area is 84.1 Å². The molecule has 0 amide bonds. The van der Waals surface area contributed by atoms with Gasteiger partial charge in [0.1, 0.15) is 14.1 Å². The zero-order valence-electron chi connectivity index (χ0n) is 8.51. The Balaban J connectivity index is 2.40. The summed E-state index contributed by atoms with van der Waals surface area (Å²) in [6, 6.07) is 8.48. The summed E-state index contributed by atoms with van der Waals surface area (Å²) in [4.78, 5) is 0. The van der Waals surface area contributed by atoms with Crippen LogP contribution >= 0.6 is 0 Å². The lowest BCUT2D eigenvalue weighted by Crippen LogP contribution is -2.26. The first-order valence-corrected chi connectivity index (χ1v) is 4.67. The number of hydrogen-bond donors (Lipinski definition) is 0. The minimum Gasteiger partial charge on any atom is -0.208 e. The maximum Gasteiger partial charge on any atom is 0.169 e. The molecule has 0 radical (unpaired) electrons. The van der Waals surface area contributed by atoms with Crippen LogP contribution in [-0.2, 0) is 14.1 Å². The van der Waals surface area contributed by atoms with E-state index in [9.17, 15) is 0 Å². The van der Waals surface area contributed by atoms with E-state index < -0.39 is 0 Å². The molecule has 0 aromatic carbocycles.